The molecular formula is C12H21ClN4. The van der Waals surface area contributed by atoms with Crippen LogP contribution in [0.25, 0.3) is 0 Å². The second kappa shape index (κ2) is 6.17. The Morgan fingerprint density at radius 2 is 1.71 bits per heavy atom. The van der Waals surface area contributed by atoms with Crippen LogP contribution in [0.3, 0.4) is 0 Å². The average Bonchev–Trinajstić information content (AvgIpc) is 2.22. The molecule has 0 unspecified atom stereocenters. The summed E-state index contributed by atoms with van der Waals surface area (Å²) in [5, 5.41) is 0.548. The summed E-state index contributed by atoms with van der Waals surface area (Å²) >= 11 is 6.06. The maximum atomic E-state index is 6.06. The second-order valence-electron chi connectivity index (χ2n) is 4.59. The summed E-state index contributed by atoms with van der Waals surface area (Å²) in [4.78, 5) is 12.9. The van der Waals surface area contributed by atoms with Crippen molar-refractivity contribution in [2.24, 2.45) is 0 Å². The molecule has 0 spiro atoms. The summed E-state index contributed by atoms with van der Waals surface area (Å²) in [5.74, 6) is 1.65. The molecule has 0 saturated carbocycles. The van der Waals surface area contributed by atoms with Gasteiger partial charge in [-0.25, -0.2) is 9.97 Å². The standard InChI is InChI=1S/C12H21ClN4/c1-9-11(13)14-10(2)15-12(9)17(5)8-6-7-16(3)4/h6-8H2,1-5H3. The van der Waals surface area contributed by atoms with Crippen molar-refractivity contribution < 1.29 is 0 Å². The number of hydrogen-bond acceptors (Lipinski definition) is 4. The minimum atomic E-state index is 0.548. The molecule has 4 nitrogen and oxygen atoms in total. The Bertz CT molecular complexity index is 379. The molecule has 0 aliphatic rings. The van der Waals surface area contributed by atoms with Crippen molar-refractivity contribution in [3.8, 4) is 0 Å². The lowest BCUT2D eigenvalue weighted by atomic mass is 10.3. The molecule has 0 N–H and O–H groups in total. The Hall–Kier alpha value is -0.870. The minimum Gasteiger partial charge on any atom is -0.359 e. The normalized spacial score (nSPS) is 11.0. The first-order valence-electron chi connectivity index (χ1n) is 5.78. The zero-order valence-corrected chi connectivity index (χ0v) is 12.0. The Morgan fingerprint density at radius 3 is 2.29 bits per heavy atom. The zero-order valence-electron chi connectivity index (χ0n) is 11.3. The van der Waals surface area contributed by atoms with E-state index in [4.69, 9.17) is 11.6 Å². The van der Waals surface area contributed by atoms with Crippen molar-refractivity contribution in [2.45, 2.75) is 20.3 Å². The lowest BCUT2D eigenvalue weighted by molar-refractivity contribution is 0.401. The molecule has 1 heterocycles. The van der Waals surface area contributed by atoms with E-state index in [0.29, 0.717) is 5.15 Å². The Balaban J connectivity index is 2.71. The van der Waals surface area contributed by atoms with E-state index in [1.165, 1.54) is 0 Å². The molecule has 17 heavy (non-hydrogen) atoms. The molecule has 0 aromatic carbocycles. The number of rotatable bonds is 5. The van der Waals surface area contributed by atoms with Crippen molar-refractivity contribution >= 4 is 17.4 Å². The van der Waals surface area contributed by atoms with Gasteiger partial charge < -0.3 is 9.80 Å². The predicted molar refractivity (Wildman–Crippen MR) is 73.0 cm³/mol. The summed E-state index contributed by atoms with van der Waals surface area (Å²) in [6, 6.07) is 0. The number of aromatic nitrogens is 2. The first-order valence-corrected chi connectivity index (χ1v) is 6.16. The van der Waals surface area contributed by atoms with Gasteiger partial charge in [0.1, 0.15) is 16.8 Å². The lowest BCUT2D eigenvalue weighted by Crippen LogP contribution is -2.25. The number of aryl methyl sites for hydroxylation is 1. The third kappa shape index (κ3) is 4.13. The Labute approximate surface area is 109 Å². The summed E-state index contributed by atoms with van der Waals surface area (Å²) in [6.45, 7) is 5.86. The monoisotopic (exact) mass is 256 g/mol. The van der Waals surface area contributed by atoms with Crippen LogP contribution in [-0.4, -0.2) is 49.1 Å². The van der Waals surface area contributed by atoms with Gasteiger partial charge in [0.25, 0.3) is 0 Å². The van der Waals surface area contributed by atoms with Gasteiger partial charge in [-0.15, -0.1) is 0 Å². The SMILES string of the molecule is Cc1nc(Cl)c(C)c(N(C)CCCN(C)C)n1. The molecule has 0 aliphatic heterocycles. The molecule has 0 amide bonds. The van der Waals surface area contributed by atoms with E-state index < -0.39 is 0 Å². The van der Waals surface area contributed by atoms with Crippen LogP contribution in [0, 0.1) is 13.8 Å². The second-order valence-corrected chi connectivity index (χ2v) is 4.95. The summed E-state index contributed by atoms with van der Waals surface area (Å²) in [5.41, 5.74) is 0.949. The van der Waals surface area contributed by atoms with Crippen molar-refractivity contribution in [2.75, 3.05) is 39.1 Å². The van der Waals surface area contributed by atoms with Gasteiger partial charge in [-0.3, -0.25) is 0 Å². The van der Waals surface area contributed by atoms with Crippen molar-refractivity contribution in [1.29, 1.82) is 0 Å². The van der Waals surface area contributed by atoms with Gasteiger partial charge in [-0.2, -0.15) is 0 Å². The molecular weight excluding hydrogens is 236 g/mol. The highest BCUT2D eigenvalue weighted by Crippen LogP contribution is 2.22. The molecule has 5 heteroatoms. The van der Waals surface area contributed by atoms with Crippen LogP contribution in [0.15, 0.2) is 0 Å². The number of halogens is 1. The molecule has 96 valence electrons. The lowest BCUT2D eigenvalue weighted by Gasteiger charge is -2.21. The third-order valence-corrected chi connectivity index (χ3v) is 3.00. The van der Waals surface area contributed by atoms with Gasteiger partial charge in [-0.1, -0.05) is 11.6 Å². The van der Waals surface area contributed by atoms with Crippen LogP contribution < -0.4 is 4.90 Å². The first kappa shape index (κ1) is 14.2. The number of hydrogen-bond donors (Lipinski definition) is 0. The van der Waals surface area contributed by atoms with E-state index >= 15 is 0 Å². The maximum absolute atomic E-state index is 6.06. The predicted octanol–water partition coefficient (Wildman–Crippen LogP) is 2.13. The van der Waals surface area contributed by atoms with Crippen LogP contribution in [0.5, 0.6) is 0 Å². The van der Waals surface area contributed by atoms with Gasteiger partial charge >= 0.3 is 0 Å². The molecule has 0 saturated heterocycles. The smallest absolute Gasteiger partial charge is 0.137 e. The summed E-state index contributed by atoms with van der Waals surface area (Å²) < 4.78 is 0. The van der Waals surface area contributed by atoms with Gasteiger partial charge in [0.05, 0.1) is 0 Å². The van der Waals surface area contributed by atoms with Gasteiger partial charge in [0.15, 0.2) is 0 Å². The van der Waals surface area contributed by atoms with Crippen molar-refractivity contribution in [3.63, 3.8) is 0 Å². The van der Waals surface area contributed by atoms with Crippen molar-refractivity contribution in [3.05, 3.63) is 16.5 Å². The van der Waals surface area contributed by atoms with Crippen LogP contribution in [0.1, 0.15) is 17.8 Å². The zero-order chi connectivity index (χ0) is 13.0. The fourth-order valence-corrected chi connectivity index (χ4v) is 1.89. The Kier molecular flexibility index (Phi) is 5.15. The van der Waals surface area contributed by atoms with E-state index in [9.17, 15) is 0 Å². The van der Waals surface area contributed by atoms with E-state index in [0.717, 1.165) is 36.7 Å². The van der Waals surface area contributed by atoms with Crippen molar-refractivity contribution in [1.82, 2.24) is 14.9 Å². The highest BCUT2D eigenvalue weighted by molar-refractivity contribution is 6.30. The molecule has 1 rings (SSSR count). The summed E-state index contributed by atoms with van der Waals surface area (Å²) in [7, 11) is 6.20. The van der Waals surface area contributed by atoms with E-state index in [-0.39, 0.29) is 0 Å². The topological polar surface area (TPSA) is 32.3 Å². The van der Waals surface area contributed by atoms with Gasteiger partial charge in [0.2, 0.25) is 0 Å². The largest absolute Gasteiger partial charge is 0.359 e. The highest BCUT2D eigenvalue weighted by atomic mass is 35.5. The fourth-order valence-electron chi connectivity index (χ4n) is 1.68. The van der Waals surface area contributed by atoms with Crippen LogP contribution in [0.2, 0.25) is 5.15 Å². The van der Waals surface area contributed by atoms with Gasteiger partial charge in [-0.05, 0) is 40.9 Å². The van der Waals surface area contributed by atoms with E-state index in [1.807, 2.05) is 20.9 Å². The summed E-state index contributed by atoms with van der Waals surface area (Å²) in [6.07, 6.45) is 1.10. The van der Waals surface area contributed by atoms with Crippen LogP contribution >= 0.6 is 11.6 Å². The minimum absolute atomic E-state index is 0.548. The van der Waals surface area contributed by atoms with E-state index in [1.54, 1.807) is 0 Å². The molecule has 0 atom stereocenters. The average molecular weight is 257 g/mol. The fraction of sp³-hybridized carbons (Fsp3) is 0.667. The quantitative estimate of drug-likeness (QED) is 0.756. The molecule has 0 radical (unpaired) electrons. The molecule has 0 aliphatic carbocycles. The molecule has 0 bridgehead atoms. The number of nitrogens with zero attached hydrogens (tertiary/aromatic N) is 4. The molecule has 1 aromatic heterocycles. The first-order chi connectivity index (χ1) is 7.91. The highest BCUT2D eigenvalue weighted by Gasteiger charge is 2.11. The third-order valence-electron chi connectivity index (χ3n) is 2.63. The van der Waals surface area contributed by atoms with E-state index in [2.05, 4.69) is 33.9 Å². The molecule has 0 fully saturated rings. The molecule has 1 aromatic rings. The Morgan fingerprint density at radius 1 is 1.06 bits per heavy atom. The van der Waals surface area contributed by atoms with Crippen LogP contribution in [-0.2, 0) is 0 Å². The van der Waals surface area contributed by atoms with Crippen LogP contribution in [0.4, 0.5) is 5.82 Å². The number of anilines is 1. The maximum Gasteiger partial charge on any atom is 0.137 e. The van der Waals surface area contributed by atoms with Gasteiger partial charge in [0, 0.05) is 19.2 Å².